The molecule has 0 atom stereocenters. The van der Waals surface area contributed by atoms with Crippen molar-refractivity contribution in [2.24, 2.45) is 0 Å². The molecule has 5 heteroatoms. The molecular weight excluding hydrogens is 262 g/mol. The van der Waals surface area contributed by atoms with Crippen molar-refractivity contribution in [2.75, 3.05) is 5.73 Å². The van der Waals surface area contributed by atoms with Gasteiger partial charge in [-0.05, 0) is 35.0 Å². The maximum atomic E-state index is 5.68. The van der Waals surface area contributed by atoms with Crippen LogP contribution in [0.5, 0.6) is 0 Å². The first-order chi connectivity index (χ1) is 6.68. The van der Waals surface area contributed by atoms with Gasteiger partial charge in [-0.15, -0.1) is 11.3 Å². The van der Waals surface area contributed by atoms with E-state index in [0.717, 1.165) is 20.1 Å². The van der Waals surface area contributed by atoms with Gasteiger partial charge in [0.05, 0.1) is 0 Å². The maximum Gasteiger partial charge on any atom is 0.145 e. The molecule has 2 rings (SSSR count). The van der Waals surface area contributed by atoms with E-state index in [1.54, 1.807) is 17.5 Å². The van der Waals surface area contributed by atoms with Crippen LogP contribution < -0.4 is 5.73 Å². The summed E-state index contributed by atoms with van der Waals surface area (Å²) in [6.07, 6.45) is 1.74. The number of hydrogen-bond donors (Lipinski definition) is 1. The van der Waals surface area contributed by atoms with Crippen LogP contribution in [0.2, 0.25) is 0 Å². The number of rotatable bonds is 1. The van der Waals surface area contributed by atoms with Crippen LogP contribution in [0.1, 0.15) is 4.88 Å². The molecule has 0 aliphatic rings. The minimum atomic E-state index is 0.586. The monoisotopic (exact) mass is 269 g/mol. The van der Waals surface area contributed by atoms with Crippen LogP contribution in [0.3, 0.4) is 0 Å². The van der Waals surface area contributed by atoms with Gasteiger partial charge in [0.1, 0.15) is 16.5 Å². The van der Waals surface area contributed by atoms with Crippen molar-refractivity contribution in [3.63, 3.8) is 0 Å². The lowest BCUT2D eigenvalue weighted by molar-refractivity contribution is 1.28. The first-order valence-electron chi connectivity index (χ1n) is 4.02. The van der Waals surface area contributed by atoms with Gasteiger partial charge in [-0.1, -0.05) is 0 Å². The summed E-state index contributed by atoms with van der Waals surface area (Å²) in [5.41, 5.74) is 6.53. The number of nitrogen functional groups attached to an aromatic ring is 1. The molecule has 0 saturated carbocycles. The van der Waals surface area contributed by atoms with Gasteiger partial charge >= 0.3 is 0 Å². The Bertz CT molecular complexity index is 447. The smallest absolute Gasteiger partial charge is 0.145 e. The average molecular weight is 270 g/mol. The highest BCUT2D eigenvalue weighted by molar-refractivity contribution is 9.10. The Morgan fingerprint density at radius 2 is 2.29 bits per heavy atom. The predicted molar refractivity (Wildman–Crippen MR) is 62.2 cm³/mol. The van der Waals surface area contributed by atoms with E-state index >= 15 is 0 Å². The zero-order chi connectivity index (χ0) is 10.1. The molecular formula is C9H8BrN3S. The van der Waals surface area contributed by atoms with Gasteiger partial charge in [-0.2, -0.15) is 0 Å². The molecule has 0 aromatic carbocycles. The molecule has 2 N–H and O–H groups in total. The summed E-state index contributed by atoms with van der Waals surface area (Å²) in [5.74, 6) is 0.586. The molecule has 0 fully saturated rings. The van der Waals surface area contributed by atoms with Crippen LogP contribution in [0.15, 0.2) is 22.8 Å². The van der Waals surface area contributed by atoms with Crippen molar-refractivity contribution in [3.8, 4) is 10.7 Å². The lowest BCUT2D eigenvalue weighted by atomic mass is 10.4. The molecule has 2 aromatic rings. The molecule has 0 aliphatic carbocycles. The second-order valence-electron chi connectivity index (χ2n) is 2.79. The lowest BCUT2D eigenvalue weighted by Crippen LogP contribution is -1.87. The number of pyridine rings is 1. The first kappa shape index (κ1) is 9.61. The summed E-state index contributed by atoms with van der Waals surface area (Å²) in [7, 11) is 0. The van der Waals surface area contributed by atoms with Crippen molar-refractivity contribution < 1.29 is 0 Å². The fourth-order valence-electron chi connectivity index (χ4n) is 1.05. The molecule has 0 amide bonds. The molecule has 0 unspecified atom stereocenters. The van der Waals surface area contributed by atoms with Crippen LogP contribution >= 0.6 is 27.3 Å². The normalized spacial score (nSPS) is 10.4. The number of halogens is 1. The second kappa shape index (κ2) is 3.67. The van der Waals surface area contributed by atoms with Crippen LogP contribution in [0.25, 0.3) is 10.7 Å². The standard InChI is InChI=1S/C9H8BrN3S/c1-5-8(11)13-9(14-5)7-6(10)3-2-4-12-7/h2-4H,11H2,1H3. The van der Waals surface area contributed by atoms with Gasteiger partial charge < -0.3 is 5.73 Å². The Balaban J connectivity index is 2.55. The number of aromatic nitrogens is 2. The highest BCUT2D eigenvalue weighted by Gasteiger charge is 2.10. The molecule has 0 aliphatic heterocycles. The van der Waals surface area contributed by atoms with Gasteiger partial charge in [0.15, 0.2) is 0 Å². The number of aryl methyl sites for hydroxylation is 1. The van der Waals surface area contributed by atoms with Crippen molar-refractivity contribution in [1.82, 2.24) is 9.97 Å². The third-order valence-corrected chi connectivity index (χ3v) is 3.43. The molecule has 0 radical (unpaired) electrons. The quantitative estimate of drug-likeness (QED) is 0.866. The van der Waals surface area contributed by atoms with Crippen LogP contribution in [-0.2, 0) is 0 Å². The third-order valence-electron chi connectivity index (χ3n) is 1.79. The molecule has 2 aromatic heterocycles. The lowest BCUT2D eigenvalue weighted by Gasteiger charge is -1.96. The van der Waals surface area contributed by atoms with Gasteiger partial charge in [0, 0.05) is 15.5 Å². The minimum absolute atomic E-state index is 0.586. The van der Waals surface area contributed by atoms with Crippen LogP contribution in [0.4, 0.5) is 5.82 Å². The van der Waals surface area contributed by atoms with Crippen molar-refractivity contribution >= 4 is 33.1 Å². The topological polar surface area (TPSA) is 51.8 Å². The summed E-state index contributed by atoms with van der Waals surface area (Å²) in [4.78, 5) is 9.52. The number of anilines is 1. The number of thiazole rings is 1. The largest absolute Gasteiger partial charge is 0.383 e. The number of hydrogen-bond acceptors (Lipinski definition) is 4. The highest BCUT2D eigenvalue weighted by Crippen LogP contribution is 2.31. The first-order valence-corrected chi connectivity index (χ1v) is 5.63. The Morgan fingerprint density at radius 1 is 1.50 bits per heavy atom. The molecule has 2 heterocycles. The zero-order valence-corrected chi connectivity index (χ0v) is 9.89. The zero-order valence-electron chi connectivity index (χ0n) is 7.49. The van der Waals surface area contributed by atoms with Gasteiger partial charge in [-0.3, -0.25) is 4.98 Å². The van der Waals surface area contributed by atoms with E-state index in [4.69, 9.17) is 5.73 Å². The van der Waals surface area contributed by atoms with E-state index in [0.29, 0.717) is 5.82 Å². The van der Waals surface area contributed by atoms with Crippen LogP contribution in [-0.4, -0.2) is 9.97 Å². The second-order valence-corrected chi connectivity index (χ2v) is 4.85. The molecule has 0 saturated heterocycles. The van der Waals surface area contributed by atoms with E-state index in [1.165, 1.54) is 0 Å². The molecule has 0 spiro atoms. The average Bonchev–Trinajstić information content (AvgIpc) is 2.48. The minimum Gasteiger partial charge on any atom is -0.383 e. The van der Waals surface area contributed by atoms with Crippen molar-refractivity contribution in [3.05, 3.63) is 27.7 Å². The Kier molecular flexibility index (Phi) is 2.52. The Hall–Kier alpha value is -0.940. The molecule has 72 valence electrons. The van der Waals surface area contributed by atoms with Gasteiger partial charge in [0.2, 0.25) is 0 Å². The number of nitrogens with zero attached hydrogens (tertiary/aromatic N) is 2. The summed E-state index contributed by atoms with van der Waals surface area (Å²) in [6, 6.07) is 3.81. The fourth-order valence-corrected chi connectivity index (χ4v) is 2.47. The van der Waals surface area contributed by atoms with Gasteiger partial charge in [-0.25, -0.2) is 4.98 Å². The SMILES string of the molecule is Cc1sc(-c2ncccc2Br)nc1N. The highest BCUT2D eigenvalue weighted by atomic mass is 79.9. The summed E-state index contributed by atoms with van der Waals surface area (Å²) < 4.78 is 0.939. The van der Waals surface area contributed by atoms with E-state index in [-0.39, 0.29) is 0 Å². The third kappa shape index (κ3) is 1.65. The van der Waals surface area contributed by atoms with E-state index in [9.17, 15) is 0 Å². The van der Waals surface area contributed by atoms with Crippen molar-refractivity contribution in [1.29, 1.82) is 0 Å². The molecule has 3 nitrogen and oxygen atoms in total. The Labute approximate surface area is 94.1 Å². The molecule has 14 heavy (non-hydrogen) atoms. The summed E-state index contributed by atoms with van der Waals surface area (Å²) in [6.45, 7) is 1.95. The van der Waals surface area contributed by atoms with E-state index in [1.807, 2.05) is 19.1 Å². The van der Waals surface area contributed by atoms with Gasteiger partial charge in [0.25, 0.3) is 0 Å². The number of nitrogens with two attached hydrogens (primary N) is 1. The fraction of sp³-hybridized carbons (Fsp3) is 0.111. The Morgan fingerprint density at radius 3 is 2.86 bits per heavy atom. The summed E-state index contributed by atoms with van der Waals surface area (Å²) in [5, 5.41) is 0.854. The predicted octanol–water partition coefficient (Wildman–Crippen LogP) is 2.86. The van der Waals surface area contributed by atoms with Crippen LogP contribution in [0, 0.1) is 6.92 Å². The maximum absolute atomic E-state index is 5.68. The van der Waals surface area contributed by atoms with E-state index < -0.39 is 0 Å². The van der Waals surface area contributed by atoms with E-state index in [2.05, 4.69) is 25.9 Å². The van der Waals surface area contributed by atoms with Crippen molar-refractivity contribution in [2.45, 2.75) is 6.92 Å². The summed E-state index contributed by atoms with van der Waals surface area (Å²) >= 11 is 4.98. The molecule has 0 bridgehead atoms.